The van der Waals surface area contributed by atoms with E-state index in [9.17, 15) is 0 Å². The maximum atomic E-state index is 5.50. The van der Waals surface area contributed by atoms with E-state index in [4.69, 9.17) is 9.72 Å². The lowest BCUT2D eigenvalue weighted by Crippen LogP contribution is -2.24. The van der Waals surface area contributed by atoms with Crippen LogP contribution in [0.15, 0.2) is 30.5 Å². The van der Waals surface area contributed by atoms with Gasteiger partial charge in [-0.3, -0.25) is 0 Å². The zero-order chi connectivity index (χ0) is 17.2. The van der Waals surface area contributed by atoms with E-state index in [2.05, 4.69) is 61.1 Å². The lowest BCUT2D eigenvalue weighted by molar-refractivity contribution is 0.0608. The number of imidazole rings is 1. The molecule has 130 valence electrons. The number of benzene rings is 1. The number of hydrogen-bond donors (Lipinski definition) is 1. The molecule has 0 bridgehead atoms. The number of rotatable bonds is 4. The number of anilines is 1. The molecule has 0 atom stereocenters. The fraction of sp³-hybridized carbons (Fsp3) is 0.550. The Morgan fingerprint density at radius 1 is 1.25 bits per heavy atom. The molecule has 2 aromatic rings. The van der Waals surface area contributed by atoms with Crippen LogP contribution in [-0.4, -0.2) is 29.8 Å². The molecular formula is C20H29N3O. The van der Waals surface area contributed by atoms with Gasteiger partial charge in [0.25, 0.3) is 0 Å². The first kappa shape index (κ1) is 17.0. The van der Waals surface area contributed by atoms with Gasteiger partial charge in [-0.2, -0.15) is 0 Å². The average Bonchev–Trinajstić information content (AvgIpc) is 3.00. The van der Waals surface area contributed by atoms with Crippen LogP contribution in [0.25, 0.3) is 11.3 Å². The Bertz CT molecular complexity index is 678. The highest BCUT2D eigenvalue weighted by Crippen LogP contribution is 2.29. The van der Waals surface area contributed by atoms with Gasteiger partial charge < -0.3 is 14.6 Å². The summed E-state index contributed by atoms with van der Waals surface area (Å²) in [6, 6.07) is 8.45. The fourth-order valence-corrected chi connectivity index (χ4v) is 3.33. The predicted molar refractivity (Wildman–Crippen MR) is 99.5 cm³/mol. The van der Waals surface area contributed by atoms with E-state index in [1.807, 2.05) is 7.05 Å². The normalized spacial score (nSPS) is 16.3. The van der Waals surface area contributed by atoms with E-state index >= 15 is 0 Å². The Kier molecular flexibility index (Phi) is 4.95. The van der Waals surface area contributed by atoms with Crippen LogP contribution in [0.4, 0.5) is 5.69 Å². The highest BCUT2D eigenvalue weighted by Gasteiger charge is 2.24. The summed E-state index contributed by atoms with van der Waals surface area (Å²) in [6.07, 6.45) is 4.52. The summed E-state index contributed by atoms with van der Waals surface area (Å²) in [5.74, 6) is 1.85. The summed E-state index contributed by atoms with van der Waals surface area (Å²) in [5, 5.41) is 3.21. The smallest absolute Gasteiger partial charge is 0.114 e. The molecule has 0 spiro atoms. The quantitative estimate of drug-likeness (QED) is 0.909. The molecule has 3 rings (SSSR count). The molecule has 1 aromatic heterocycles. The van der Waals surface area contributed by atoms with Crippen LogP contribution in [0, 0.1) is 5.92 Å². The third-order valence-corrected chi connectivity index (χ3v) is 4.69. The maximum Gasteiger partial charge on any atom is 0.114 e. The molecule has 2 heterocycles. The average molecular weight is 327 g/mol. The van der Waals surface area contributed by atoms with Crippen molar-refractivity contribution in [1.82, 2.24) is 9.55 Å². The molecule has 1 fully saturated rings. The summed E-state index contributed by atoms with van der Waals surface area (Å²) < 4.78 is 7.88. The summed E-state index contributed by atoms with van der Waals surface area (Å²) in [4.78, 5) is 5.00. The Balaban J connectivity index is 1.93. The van der Waals surface area contributed by atoms with E-state index in [1.54, 1.807) is 0 Å². The zero-order valence-corrected chi connectivity index (χ0v) is 15.3. The predicted octanol–water partition coefficient (Wildman–Crippen LogP) is 4.32. The molecule has 0 aliphatic carbocycles. The van der Waals surface area contributed by atoms with Crippen molar-refractivity contribution in [2.75, 3.05) is 25.6 Å². The summed E-state index contributed by atoms with van der Waals surface area (Å²) in [7, 11) is 1.95. The van der Waals surface area contributed by atoms with Crippen molar-refractivity contribution in [2.24, 2.45) is 5.92 Å². The van der Waals surface area contributed by atoms with Crippen molar-refractivity contribution in [3.8, 4) is 11.3 Å². The number of nitrogens with zero attached hydrogens (tertiary/aromatic N) is 2. The summed E-state index contributed by atoms with van der Waals surface area (Å²) in [6.45, 7) is 9.54. The van der Waals surface area contributed by atoms with Gasteiger partial charge >= 0.3 is 0 Å². The van der Waals surface area contributed by atoms with Crippen LogP contribution >= 0.6 is 0 Å². The SMILES string of the molecule is CNc1cccc(-c2cn(CC3CCOCC3)c(C(C)(C)C)n2)c1. The number of nitrogens with one attached hydrogen (secondary N) is 1. The number of aromatic nitrogens is 2. The molecule has 0 radical (unpaired) electrons. The molecule has 1 N–H and O–H groups in total. The van der Waals surface area contributed by atoms with Gasteiger partial charge in [-0.1, -0.05) is 32.9 Å². The molecule has 1 aromatic carbocycles. The molecule has 0 saturated carbocycles. The molecule has 1 saturated heterocycles. The van der Waals surface area contributed by atoms with Crippen LogP contribution in [0.3, 0.4) is 0 Å². The second-order valence-corrected chi connectivity index (χ2v) is 7.74. The maximum absolute atomic E-state index is 5.50. The topological polar surface area (TPSA) is 39.1 Å². The van der Waals surface area contributed by atoms with E-state index in [1.165, 1.54) is 5.82 Å². The van der Waals surface area contributed by atoms with Gasteiger partial charge in [0.2, 0.25) is 0 Å². The van der Waals surface area contributed by atoms with E-state index < -0.39 is 0 Å². The summed E-state index contributed by atoms with van der Waals surface area (Å²) >= 11 is 0. The molecule has 0 amide bonds. The van der Waals surface area contributed by atoms with Gasteiger partial charge in [-0.15, -0.1) is 0 Å². The van der Waals surface area contributed by atoms with Crippen molar-refractivity contribution in [3.63, 3.8) is 0 Å². The number of ether oxygens (including phenoxy) is 1. The zero-order valence-electron chi connectivity index (χ0n) is 15.3. The van der Waals surface area contributed by atoms with Crippen molar-refractivity contribution >= 4 is 5.69 Å². The van der Waals surface area contributed by atoms with Crippen molar-refractivity contribution in [3.05, 3.63) is 36.3 Å². The van der Waals surface area contributed by atoms with Gasteiger partial charge in [-0.25, -0.2) is 4.98 Å². The Hall–Kier alpha value is -1.81. The second kappa shape index (κ2) is 6.98. The minimum absolute atomic E-state index is 0.0318. The van der Waals surface area contributed by atoms with Crippen LogP contribution < -0.4 is 5.32 Å². The monoisotopic (exact) mass is 327 g/mol. The molecule has 4 nitrogen and oxygen atoms in total. The van der Waals surface area contributed by atoms with Gasteiger partial charge in [0, 0.05) is 49.7 Å². The second-order valence-electron chi connectivity index (χ2n) is 7.74. The highest BCUT2D eigenvalue weighted by molar-refractivity contribution is 5.64. The van der Waals surface area contributed by atoms with E-state index in [0.29, 0.717) is 5.92 Å². The molecule has 24 heavy (non-hydrogen) atoms. The standard InChI is InChI=1S/C20H29N3O/c1-20(2,3)19-22-18(16-6-5-7-17(12-16)21-4)14-23(19)13-15-8-10-24-11-9-15/h5-7,12,14-15,21H,8-11,13H2,1-4H3. The first-order valence-electron chi connectivity index (χ1n) is 8.91. The van der Waals surface area contributed by atoms with Gasteiger partial charge in [0.15, 0.2) is 0 Å². The lowest BCUT2D eigenvalue weighted by Gasteiger charge is -2.25. The van der Waals surface area contributed by atoms with Gasteiger partial charge in [-0.05, 0) is 30.9 Å². The Morgan fingerprint density at radius 3 is 2.67 bits per heavy atom. The van der Waals surface area contributed by atoms with E-state index in [0.717, 1.165) is 49.5 Å². The van der Waals surface area contributed by atoms with Gasteiger partial charge in [0.1, 0.15) is 5.82 Å². The molecule has 1 aliphatic rings. The molecule has 1 aliphatic heterocycles. The third kappa shape index (κ3) is 3.81. The van der Waals surface area contributed by atoms with Gasteiger partial charge in [0.05, 0.1) is 5.69 Å². The highest BCUT2D eigenvalue weighted by atomic mass is 16.5. The van der Waals surface area contributed by atoms with Crippen LogP contribution in [-0.2, 0) is 16.7 Å². The molecular weight excluding hydrogens is 298 g/mol. The first-order valence-corrected chi connectivity index (χ1v) is 8.91. The largest absolute Gasteiger partial charge is 0.388 e. The van der Waals surface area contributed by atoms with Crippen molar-refractivity contribution in [2.45, 2.75) is 45.6 Å². The van der Waals surface area contributed by atoms with Crippen molar-refractivity contribution in [1.29, 1.82) is 0 Å². The van der Waals surface area contributed by atoms with Crippen LogP contribution in [0.5, 0.6) is 0 Å². The third-order valence-electron chi connectivity index (χ3n) is 4.69. The first-order chi connectivity index (χ1) is 11.5. The molecule has 0 unspecified atom stereocenters. The lowest BCUT2D eigenvalue weighted by atomic mass is 9.94. The van der Waals surface area contributed by atoms with E-state index in [-0.39, 0.29) is 5.41 Å². The minimum Gasteiger partial charge on any atom is -0.388 e. The van der Waals surface area contributed by atoms with Crippen LogP contribution in [0.1, 0.15) is 39.4 Å². The number of hydrogen-bond acceptors (Lipinski definition) is 3. The van der Waals surface area contributed by atoms with Crippen LogP contribution in [0.2, 0.25) is 0 Å². The van der Waals surface area contributed by atoms with Crippen molar-refractivity contribution < 1.29 is 4.74 Å². The Labute approximate surface area is 145 Å². The Morgan fingerprint density at radius 2 is 2.00 bits per heavy atom. The molecule has 4 heteroatoms. The minimum atomic E-state index is 0.0318. The fourth-order valence-electron chi connectivity index (χ4n) is 3.33. The summed E-state index contributed by atoms with van der Waals surface area (Å²) in [5.41, 5.74) is 3.37.